The molecule has 0 fully saturated rings. The Kier molecular flexibility index (Phi) is 5.27. The summed E-state index contributed by atoms with van der Waals surface area (Å²) in [5.41, 5.74) is -5.05. The molecule has 0 aromatic heterocycles. The van der Waals surface area contributed by atoms with Gasteiger partial charge in [-0.25, -0.2) is 0 Å². The molecule has 0 bridgehead atoms. The number of carboxylic acid groups (broad SMARTS) is 1. The molecule has 8 heteroatoms. The maximum absolute atomic E-state index is 12.7. The van der Waals surface area contributed by atoms with E-state index in [1.165, 1.54) is 38.3 Å². The van der Waals surface area contributed by atoms with Crippen LogP contribution in [0.3, 0.4) is 0 Å². The van der Waals surface area contributed by atoms with E-state index in [9.17, 15) is 27.9 Å². The summed E-state index contributed by atoms with van der Waals surface area (Å²) in [5, 5.41) is 9.20. The molecule has 0 aliphatic rings. The first-order valence-electron chi connectivity index (χ1n) is 5.86. The normalized spacial score (nSPS) is 14.3. The van der Waals surface area contributed by atoms with Crippen molar-refractivity contribution in [2.75, 3.05) is 7.11 Å². The standard InChI is InChI=1S/C13H13F3O4S/c1-3-12(11(18)19,21-13(14,15)16)10(17)8-6-4-5-7-9(8)20-2/h4-7H,3H2,1-2H3,(H,18,19). The molecule has 0 saturated heterocycles. The fraction of sp³-hybridized carbons (Fsp3) is 0.385. The number of halogens is 3. The molecule has 1 aromatic rings. The first-order valence-corrected chi connectivity index (χ1v) is 6.67. The van der Waals surface area contributed by atoms with Crippen molar-refractivity contribution in [3.8, 4) is 5.75 Å². The number of carboxylic acids is 1. The zero-order valence-corrected chi connectivity index (χ0v) is 12.0. The smallest absolute Gasteiger partial charge is 0.443 e. The largest absolute Gasteiger partial charge is 0.496 e. The minimum atomic E-state index is -4.86. The number of ketones is 1. The average molecular weight is 322 g/mol. The zero-order chi connectivity index (χ0) is 16.3. The molecular formula is C13H13F3O4S. The summed E-state index contributed by atoms with van der Waals surface area (Å²) in [7, 11) is 1.25. The Balaban J connectivity index is 3.39. The fourth-order valence-electron chi connectivity index (χ4n) is 1.82. The maximum Gasteiger partial charge on any atom is 0.443 e. The number of alkyl halides is 3. The first-order chi connectivity index (χ1) is 9.68. The van der Waals surface area contributed by atoms with Gasteiger partial charge in [0, 0.05) is 0 Å². The van der Waals surface area contributed by atoms with Crippen molar-refractivity contribution in [2.24, 2.45) is 0 Å². The van der Waals surface area contributed by atoms with E-state index in [1.54, 1.807) is 0 Å². The number of carbonyl (C=O) groups excluding carboxylic acids is 1. The SMILES string of the molecule is CCC(SC(F)(F)F)(C(=O)O)C(=O)c1ccccc1OC. The van der Waals surface area contributed by atoms with Gasteiger partial charge in [0.1, 0.15) is 5.75 Å². The van der Waals surface area contributed by atoms with Gasteiger partial charge in [-0.15, -0.1) is 0 Å². The highest BCUT2D eigenvalue weighted by molar-refractivity contribution is 8.03. The van der Waals surface area contributed by atoms with Crippen LogP contribution in [-0.2, 0) is 4.79 Å². The van der Waals surface area contributed by atoms with Gasteiger partial charge < -0.3 is 9.84 Å². The van der Waals surface area contributed by atoms with Gasteiger partial charge in [-0.2, -0.15) is 13.2 Å². The zero-order valence-electron chi connectivity index (χ0n) is 11.2. The lowest BCUT2D eigenvalue weighted by Gasteiger charge is -2.27. The van der Waals surface area contributed by atoms with Crippen LogP contribution in [0.15, 0.2) is 24.3 Å². The number of aliphatic carboxylic acids is 1. The van der Waals surface area contributed by atoms with Crippen molar-refractivity contribution in [2.45, 2.75) is 23.6 Å². The molecule has 4 nitrogen and oxygen atoms in total. The molecule has 21 heavy (non-hydrogen) atoms. The number of hydrogen-bond donors (Lipinski definition) is 1. The van der Waals surface area contributed by atoms with Gasteiger partial charge in [-0.3, -0.25) is 9.59 Å². The number of ether oxygens (including phenoxy) is 1. The summed E-state index contributed by atoms with van der Waals surface area (Å²) in [6, 6.07) is 5.58. The second-order valence-electron chi connectivity index (χ2n) is 4.06. The van der Waals surface area contributed by atoms with E-state index in [0.717, 1.165) is 0 Å². The molecule has 0 heterocycles. The van der Waals surface area contributed by atoms with E-state index in [1.807, 2.05) is 0 Å². The molecule has 0 radical (unpaired) electrons. The number of Topliss-reactive ketones (excluding diaryl/α,β-unsaturated/α-hetero) is 1. The molecule has 116 valence electrons. The van der Waals surface area contributed by atoms with E-state index < -0.39 is 40.2 Å². The Morgan fingerprint density at radius 2 is 1.86 bits per heavy atom. The van der Waals surface area contributed by atoms with Gasteiger partial charge in [0.05, 0.1) is 12.7 Å². The number of benzene rings is 1. The van der Waals surface area contributed by atoms with Crippen molar-refractivity contribution >= 4 is 23.5 Å². The lowest BCUT2D eigenvalue weighted by molar-refractivity contribution is -0.139. The van der Waals surface area contributed by atoms with Crippen LogP contribution in [0.25, 0.3) is 0 Å². The van der Waals surface area contributed by atoms with Crippen LogP contribution in [0.4, 0.5) is 13.2 Å². The van der Waals surface area contributed by atoms with Crippen LogP contribution >= 0.6 is 11.8 Å². The number of para-hydroxylation sites is 1. The summed E-state index contributed by atoms with van der Waals surface area (Å²) < 4.78 is 40.3. The number of carbonyl (C=O) groups is 2. The number of methoxy groups -OCH3 is 1. The highest BCUT2D eigenvalue weighted by Crippen LogP contribution is 2.45. The van der Waals surface area contributed by atoms with Crippen LogP contribution in [0.2, 0.25) is 0 Å². The van der Waals surface area contributed by atoms with Crippen LogP contribution in [-0.4, -0.2) is 34.2 Å². The maximum atomic E-state index is 12.7. The monoisotopic (exact) mass is 322 g/mol. The minimum absolute atomic E-state index is 0.0318. The van der Waals surface area contributed by atoms with E-state index >= 15 is 0 Å². The quantitative estimate of drug-likeness (QED) is 0.643. The van der Waals surface area contributed by atoms with Crippen LogP contribution in [0.1, 0.15) is 23.7 Å². The van der Waals surface area contributed by atoms with E-state index in [0.29, 0.717) is 0 Å². The Labute approximate surface area is 123 Å². The van der Waals surface area contributed by atoms with Crippen molar-refractivity contribution in [3.05, 3.63) is 29.8 Å². The molecule has 0 aliphatic carbocycles. The highest BCUT2D eigenvalue weighted by Gasteiger charge is 2.54. The number of hydrogen-bond acceptors (Lipinski definition) is 4. The van der Waals surface area contributed by atoms with E-state index in [4.69, 9.17) is 4.74 Å². The minimum Gasteiger partial charge on any atom is -0.496 e. The van der Waals surface area contributed by atoms with Gasteiger partial charge in [0.15, 0.2) is 10.5 Å². The predicted octanol–water partition coefficient (Wildman–Crippen LogP) is 3.36. The molecule has 0 saturated carbocycles. The summed E-state index contributed by atoms with van der Waals surface area (Å²) in [4.78, 5) is 23.8. The van der Waals surface area contributed by atoms with Crippen LogP contribution in [0.5, 0.6) is 5.75 Å². The first kappa shape index (κ1) is 17.4. The summed E-state index contributed by atoms with van der Waals surface area (Å²) in [6.45, 7) is 1.22. The summed E-state index contributed by atoms with van der Waals surface area (Å²) >= 11 is -0.825. The molecule has 0 spiro atoms. The second kappa shape index (κ2) is 6.38. The average Bonchev–Trinajstić information content (AvgIpc) is 2.42. The molecule has 1 N–H and O–H groups in total. The van der Waals surface area contributed by atoms with Crippen LogP contribution in [0, 0.1) is 0 Å². The van der Waals surface area contributed by atoms with Gasteiger partial charge in [-0.05, 0) is 30.3 Å². The molecular weight excluding hydrogens is 309 g/mol. The molecule has 1 unspecified atom stereocenters. The summed E-state index contributed by atoms with van der Waals surface area (Å²) in [5.74, 6) is -2.94. The van der Waals surface area contributed by atoms with Crippen molar-refractivity contribution in [1.82, 2.24) is 0 Å². The fourth-order valence-corrected chi connectivity index (χ4v) is 2.65. The number of thioether (sulfide) groups is 1. The Morgan fingerprint density at radius 1 is 1.29 bits per heavy atom. The topological polar surface area (TPSA) is 63.6 Å². The van der Waals surface area contributed by atoms with Crippen molar-refractivity contribution < 1.29 is 32.6 Å². The Morgan fingerprint density at radius 3 is 2.29 bits per heavy atom. The van der Waals surface area contributed by atoms with Crippen molar-refractivity contribution in [3.63, 3.8) is 0 Å². The molecule has 1 atom stereocenters. The Hall–Kier alpha value is -1.70. The van der Waals surface area contributed by atoms with Gasteiger partial charge in [-0.1, -0.05) is 19.1 Å². The third-order valence-corrected chi connectivity index (χ3v) is 4.08. The number of rotatable bonds is 6. The van der Waals surface area contributed by atoms with Gasteiger partial charge in [0.25, 0.3) is 0 Å². The second-order valence-corrected chi connectivity index (χ2v) is 5.43. The van der Waals surface area contributed by atoms with Crippen LogP contribution < -0.4 is 4.74 Å². The molecule has 0 aliphatic heterocycles. The van der Waals surface area contributed by atoms with Gasteiger partial charge in [0.2, 0.25) is 0 Å². The highest BCUT2D eigenvalue weighted by atomic mass is 32.2. The van der Waals surface area contributed by atoms with Crippen molar-refractivity contribution in [1.29, 1.82) is 0 Å². The molecule has 1 aromatic carbocycles. The van der Waals surface area contributed by atoms with Gasteiger partial charge >= 0.3 is 11.5 Å². The Bertz CT molecular complexity index is 544. The lowest BCUT2D eigenvalue weighted by atomic mass is 9.93. The molecule has 0 amide bonds. The molecule has 1 rings (SSSR count). The van der Waals surface area contributed by atoms with E-state index in [-0.39, 0.29) is 11.3 Å². The third kappa shape index (κ3) is 3.69. The van der Waals surface area contributed by atoms with E-state index in [2.05, 4.69) is 0 Å². The predicted molar refractivity (Wildman–Crippen MR) is 71.6 cm³/mol. The summed E-state index contributed by atoms with van der Waals surface area (Å²) in [6.07, 6.45) is -0.511. The third-order valence-electron chi connectivity index (χ3n) is 2.85. The lowest BCUT2D eigenvalue weighted by Crippen LogP contribution is -2.45.